The van der Waals surface area contributed by atoms with Gasteiger partial charge in [0.1, 0.15) is 11.8 Å². The number of ether oxygens (including phenoxy) is 2. The lowest BCUT2D eigenvalue weighted by atomic mass is 9.52. The molecule has 4 aliphatic carbocycles. The van der Waals surface area contributed by atoms with E-state index < -0.39 is 17.0 Å². The van der Waals surface area contributed by atoms with Crippen LogP contribution in [0.3, 0.4) is 0 Å². The zero-order chi connectivity index (χ0) is 28.4. The number of rotatable bonds is 11. The van der Waals surface area contributed by atoms with Gasteiger partial charge in [-0.1, -0.05) is 64.5 Å². The van der Waals surface area contributed by atoms with Crippen LogP contribution in [0.5, 0.6) is 5.75 Å². The lowest BCUT2D eigenvalue weighted by molar-refractivity contribution is -0.00121. The fraction of sp³-hybridized carbons (Fsp3) is 0.788. The number of fused-ring (bicyclic) bond motifs is 5. The molecule has 0 aliphatic heterocycles. The molecule has 7 nitrogen and oxygen atoms in total. The zero-order valence-corrected chi connectivity index (χ0v) is 25.0. The van der Waals surface area contributed by atoms with Crippen LogP contribution in [0.1, 0.15) is 91.4 Å². The molecule has 222 valence electrons. The van der Waals surface area contributed by atoms with Gasteiger partial charge in [-0.25, -0.2) is 4.79 Å². The molecule has 0 saturated heterocycles. The van der Waals surface area contributed by atoms with E-state index in [0.717, 1.165) is 48.9 Å². The van der Waals surface area contributed by atoms with E-state index in [0.29, 0.717) is 30.8 Å². The van der Waals surface area contributed by atoms with Crippen molar-refractivity contribution in [3.63, 3.8) is 0 Å². The normalized spacial score (nSPS) is 32.0. The molecule has 0 radical (unpaired) electrons. The Kier molecular flexibility index (Phi) is 9.26. The molecule has 0 aromatic heterocycles. The highest BCUT2D eigenvalue weighted by Crippen LogP contribution is 2.59. The van der Waals surface area contributed by atoms with Crippen molar-refractivity contribution in [3.8, 4) is 5.75 Å². The van der Waals surface area contributed by atoms with E-state index in [2.05, 4.69) is 37.5 Å². The molecule has 8 atom stereocenters. The molecular formula is C33H50N2O5. The van der Waals surface area contributed by atoms with Crippen LogP contribution in [0.2, 0.25) is 0 Å². The molecule has 1 amide bonds. The zero-order valence-electron chi connectivity index (χ0n) is 25.0. The number of amides is 1. The Labute approximate surface area is 239 Å². The van der Waals surface area contributed by atoms with Crippen molar-refractivity contribution in [2.45, 2.75) is 97.5 Å². The highest BCUT2D eigenvalue weighted by atomic mass is 16.6. The number of hydrogen-bond donors (Lipinski definition) is 2. The standard InChI is InChI=1S/C33H50N2O5/c1-19(2)7-5-8-20(3)27-18-22-17-23(12-14-24(22)26-13-11-21-9-6-10-25(21)28(26)27)40-33(38)35-16-15-34-29-30(36)31(37)32(29)39-4/h18-21,23-28,34H,5-17H2,1-4H3,(H,35,38)/t20-,21?,23?,24?,25?,26?,27?,28?/m1/s1. The van der Waals surface area contributed by atoms with Crippen molar-refractivity contribution < 1.29 is 14.3 Å². The molecule has 4 aliphatic rings. The number of nitrogens with one attached hydrogen (secondary N) is 2. The third-order valence-electron chi connectivity index (χ3n) is 10.8. The Bertz CT molecular complexity index is 1130. The average molecular weight is 555 g/mol. The van der Waals surface area contributed by atoms with Crippen LogP contribution in [0, 0.1) is 47.3 Å². The molecule has 40 heavy (non-hydrogen) atoms. The van der Waals surface area contributed by atoms with Crippen LogP contribution >= 0.6 is 0 Å². The van der Waals surface area contributed by atoms with Crippen molar-refractivity contribution in [2.75, 3.05) is 25.5 Å². The van der Waals surface area contributed by atoms with E-state index in [9.17, 15) is 14.4 Å². The number of carbonyl (C=O) groups excluding carboxylic acids is 1. The maximum atomic E-state index is 12.6. The van der Waals surface area contributed by atoms with Crippen molar-refractivity contribution in [1.82, 2.24) is 5.32 Å². The van der Waals surface area contributed by atoms with E-state index in [1.54, 1.807) is 5.57 Å². The predicted octanol–water partition coefficient (Wildman–Crippen LogP) is 6.06. The van der Waals surface area contributed by atoms with Crippen molar-refractivity contribution in [2.24, 2.45) is 47.3 Å². The first-order valence-corrected chi connectivity index (χ1v) is 16.0. The van der Waals surface area contributed by atoms with Crippen LogP contribution < -0.4 is 26.2 Å². The second-order valence-electron chi connectivity index (χ2n) is 13.6. The summed E-state index contributed by atoms with van der Waals surface area (Å²) in [7, 11) is 1.36. The summed E-state index contributed by atoms with van der Waals surface area (Å²) in [5.74, 6) is 6.42. The number of methoxy groups -OCH3 is 1. The lowest BCUT2D eigenvalue weighted by Gasteiger charge is -2.53. The molecule has 5 rings (SSSR count). The topological polar surface area (TPSA) is 93.7 Å². The van der Waals surface area contributed by atoms with Gasteiger partial charge in [-0.05, 0) is 79.4 Å². The monoisotopic (exact) mass is 554 g/mol. The predicted molar refractivity (Wildman–Crippen MR) is 158 cm³/mol. The Morgan fingerprint density at radius 2 is 1.80 bits per heavy atom. The molecule has 0 heterocycles. The first-order valence-electron chi connectivity index (χ1n) is 16.0. The molecule has 7 unspecified atom stereocenters. The van der Waals surface area contributed by atoms with Crippen LogP contribution in [-0.2, 0) is 4.74 Å². The second-order valence-corrected chi connectivity index (χ2v) is 13.6. The van der Waals surface area contributed by atoms with Gasteiger partial charge < -0.3 is 20.1 Å². The summed E-state index contributed by atoms with van der Waals surface area (Å²) >= 11 is 0. The molecule has 3 saturated carbocycles. The Morgan fingerprint density at radius 3 is 2.58 bits per heavy atom. The summed E-state index contributed by atoms with van der Waals surface area (Å²) < 4.78 is 10.8. The summed E-state index contributed by atoms with van der Waals surface area (Å²) in [5, 5.41) is 5.67. The highest BCUT2D eigenvalue weighted by molar-refractivity contribution is 5.67. The maximum absolute atomic E-state index is 12.6. The van der Waals surface area contributed by atoms with Crippen LogP contribution in [-0.4, -0.2) is 32.4 Å². The SMILES string of the molecule is COc1c(NCCNC(=O)OC2CCC3C(=CC([C@H](C)CCCC(C)C)C4C5CCCC5CCC34)C2)c(=O)c1=O. The van der Waals surface area contributed by atoms with Gasteiger partial charge in [0.25, 0.3) is 10.9 Å². The molecule has 1 aromatic rings. The highest BCUT2D eigenvalue weighted by Gasteiger charge is 2.51. The summed E-state index contributed by atoms with van der Waals surface area (Å²) in [6, 6.07) is 0. The summed E-state index contributed by atoms with van der Waals surface area (Å²) in [6.07, 6.45) is 16.2. The third kappa shape index (κ3) is 5.99. The molecule has 3 fully saturated rings. The van der Waals surface area contributed by atoms with Crippen LogP contribution in [0.15, 0.2) is 21.2 Å². The average Bonchev–Trinajstić information content (AvgIpc) is 3.42. The fourth-order valence-electron chi connectivity index (χ4n) is 8.95. The second kappa shape index (κ2) is 12.7. The van der Waals surface area contributed by atoms with E-state index in [1.807, 2.05) is 0 Å². The number of allylic oxidation sites excluding steroid dienone is 1. The van der Waals surface area contributed by atoms with E-state index in [-0.39, 0.29) is 17.5 Å². The third-order valence-corrected chi connectivity index (χ3v) is 10.8. The summed E-state index contributed by atoms with van der Waals surface area (Å²) in [5.41, 5.74) is 0.562. The van der Waals surface area contributed by atoms with Gasteiger partial charge >= 0.3 is 6.09 Å². The van der Waals surface area contributed by atoms with Crippen molar-refractivity contribution >= 4 is 11.8 Å². The number of anilines is 1. The van der Waals surface area contributed by atoms with Crippen LogP contribution in [0.25, 0.3) is 0 Å². The van der Waals surface area contributed by atoms with Gasteiger partial charge in [0.15, 0.2) is 5.75 Å². The lowest BCUT2D eigenvalue weighted by Crippen LogP contribution is -2.47. The molecule has 1 aromatic carbocycles. The van der Waals surface area contributed by atoms with Crippen molar-refractivity contribution in [1.29, 1.82) is 0 Å². The largest absolute Gasteiger partial charge is 0.491 e. The van der Waals surface area contributed by atoms with Gasteiger partial charge in [0.2, 0.25) is 0 Å². The van der Waals surface area contributed by atoms with Crippen molar-refractivity contribution in [3.05, 3.63) is 32.1 Å². The Balaban J connectivity index is 1.18. The van der Waals surface area contributed by atoms with Gasteiger partial charge in [0.05, 0.1) is 7.11 Å². The minimum absolute atomic E-state index is 0.0568. The molecule has 7 heteroatoms. The number of alkyl carbamates (subject to hydrolysis) is 1. The molecule has 0 bridgehead atoms. The van der Waals surface area contributed by atoms with Gasteiger partial charge in [-0.15, -0.1) is 0 Å². The molecule has 2 N–H and O–H groups in total. The minimum Gasteiger partial charge on any atom is -0.491 e. The van der Waals surface area contributed by atoms with Crippen LogP contribution in [0.4, 0.5) is 10.5 Å². The number of carbonyl (C=O) groups is 1. The first kappa shape index (κ1) is 29.2. The number of hydrogen-bond acceptors (Lipinski definition) is 6. The minimum atomic E-state index is -0.611. The Hall–Kier alpha value is -2.31. The summed E-state index contributed by atoms with van der Waals surface area (Å²) in [6.45, 7) is 7.78. The first-order chi connectivity index (χ1) is 19.3. The Morgan fingerprint density at radius 1 is 0.975 bits per heavy atom. The van der Waals surface area contributed by atoms with E-state index in [1.165, 1.54) is 58.5 Å². The molecular weight excluding hydrogens is 504 g/mol. The van der Waals surface area contributed by atoms with Gasteiger partial charge in [-0.2, -0.15) is 0 Å². The quantitative estimate of drug-likeness (QED) is 0.196. The summed E-state index contributed by atoms with van der Waals surface area (Å²) in [4.78, 5) is 35.7. The van der Waals surface area contributed by atoms with Gasteiger partial charge in [-0.3, -0.25) is 9.59 Å². The smallest absolute Gasteiger partial charge is 0.407 e. The van der Waals surface area contributed by atoms with E-state index in [4.69, 9.17) is 9.47 Å². The van der Waals surface area contributed by atoms with E-state index >= 15 is 0 Å². The fourth-order valence-corrected chi connectivity index (χ4v) is 8.95. The maximum Gasteiger partial charge on any atom is 0.407 e. The molecule has 0 spiro atoms. The van der Waals surface area contributed by atoms with Gasteiger partial charge in [0, 0.05) is 19.5 Å².